The maximum atomic E-state index is 13.6. The Balaban J connectivity index is 1.92. The maximum absolute atomic E-state index is 13.6. The number of aryl methyl sites for hydroxylation is 1. The molecule has 1 aromatic rings. The third-order valence-corrected chi connectivity index (χ3v) is 4.03. The van der Waals surface area contributed by atoms with Crippen LogP contribution < -0.4 is 5.32 Å². The summed E-state index contributed by atoms with van der Waals surface area (Å²) in [5.74, 6) is -0.584. The first-order chi connectivity index (χ1) is 11.4. The van der Waals surface area contributed by atoms with Crippen LogP contribution in [0.15, 0.2) is 18.2 Å². The van der Waals surface area contributed by atoms with Gasteiger partial charge in [-0.15, -0.1) is 0 Å². The van der Waals surface area contributed by atoms with E-state index < -0.39 is 0 Å². The van der Waals surface area contributed by atoms with E-state index >= 15 is 0 Å². The molecular formula is C18H25FN2O3. The van der Waals surface area contributed by atoms with Gasteiger partial charge in [0.1, 0.15) is 5.82 Å². The van der Waals surface area contributed by atoms with Gasteiger partial charge in [-0.1, -0.05) is 19.9 Å². The van der Waals surface area contributed by atoms with Crippen molar-refractivity contribution in [3.8, 4) is 0 Å². The fraction of sp³-hybridized carbons (Fsp3) is 0.556. The molecular weight excluding hydrogens is 311 g/mol. The lowest BCUT2D eigenvalue weighted by atomic mass is 9.97. The van der Waals surface area contributed by atoms with Crippen LogP contribution in [0, 0.1) is 24.6 Å². The van der Waals surface area contributed by atoms with Crippen molar-refractivity contribution < 1.29 is 18.7 Å². The van der Waals surface area contributed by atoms with E-state index in [9.17, 15) is 14.0 Å². The average molecular weight is 336 g/mol. The molecule has 0 saturated carbocycles. The zero-order valence-electron chi connectivity index (χ0n) is 14.5. The monoisotopic (exact) mass is 336 g/mol. The number of rotatable bonds is 4. The number of anilines is 1. The Kier molecular flexibility index (Phi) is 6.17. The molecule has 24 heavy (non-hydrogen) atoms. The molecule has 1 saturated heterocycles. The van der Waals surface area contributed by atoms with E-state index in [0.717, 1.165) is 6.42 Å². The maximum Gasteiger partial charge on any atom is 0.409 e. The van der Waals surface area contributed by atoms with E-state index in [1.165, 1.54) is 6.07 Å². The summed E-state index contributed by atoms with van der Waals surface area (Å²) in [5.41, 5.74) is 0.965. The third kappa shape index (κ3) is 4.94. The highest BCUT2D eigenvalue weighted by Crippen LogP contribution is 2.20. The summed E-state index contributed by atoms with van der Waals surface area (Å²) in [6, 6.07) is 4.61. The Labute approximate surface area is 142 Å². The summed E-state index contributed by atoms with van der Waals surface area (Å²) in [6.45, 7) is 6.91. The van der Waals surface area contributed by atoms with Gasteiger partial charge in [0, 0.05) is 18.8 Å². The van der Waals surface area contributed by atoms with Crippen LogP contribution in [0.25, 0.3) is 0 Å². The molecule has 1 fully saturated rings. The van der Waals surface area contributed by atoms with Crippen molar-refractivity contribution in [2.24, 2.45) is 11.8 Å². The van der Waals surface area contributed by atoms with Crippen LogP contribution >= 0.6 is 0 Å². The number of nitrogens with one attached hydrogen (secondary N) is 1. The number of piperidine rings is 1. The second kappa shape index (κ2) is 8.13. The van der Waals surface area contributed by atoms with Gasteiger partial charge in [-0.05, 0) is 43.4 Å². The van der Waals surface area contributed by atoms with Gasteiger partial charge in [0.05, 0.1) is 12.5 Å². The summed E-state index contributed by atoms with van der Waals surface area (Å²) in [4.78, 5) is 26.0. The lowest BCUT2D eigenvalue weighted by Crippen LogP contribution is -2.44. The molecule has 1 atom stereocenters. The fourth-order valence-corrected chi connectivity index (χ4v) is 2.60. The topological polar surface area (TPSA) is 58.6 Å². The minimum Gasteiger partial charge on any atom is -0.449 e. The highest BCUT2D eigenvalue weighted by Gasteiger charge is 2.29. The molecule has 2 rings (SSSR count). The van der Waals surface area contributed by atoms with Gasteiger partial charge >= 0.3 is 6.09 Å². The van der Waals surface area contributed by atoms with Crippen molar-refractivity contribution >= 4 is 17.7 Å². The van der Waals surface area contributed by atoms with Crippen LogP contribution in [-0.4, -0.2) is 36.6 Å². The van der Waals surface area contributed by atoms with Gasteiger partial charge < -0.3 is 15.0 Å². The normalized spacial score (nSPS) is 17.7. The van der Waals surface area contributed by atoms with Crippen LogP contribution in [-0.2, 0) is 9.53 Å². The predicted molar refractivity (Wildman–Crippen MR) is 90.2 cm³/mol. The summed E-state index contributed by atoms with van der Waals surface area (Å²) in [5, 5.41) is 2.73. The number of halogens is 1. The molecule has 1 aliphatic rings. The van der Waals surface area contributed by atoms with Crippen LogP contribution in [0.3, 0.4) is 0 Å². The number of likely N-dealkylation sites (tertiary alicyclic amines) is 1. The minimum atomic E-state index is -0.373. The number of hydrogen-bond donors (Lipinski definition) is 1. The number of benzene rings is 1. The molecule has 0 spiro atoms. The average Bonchev–Trinajstić information content (AvgIpc) is 2.56. The molecule has 1 heterocycles. The van der Waals surface area contributed by atoms with E-state index in [-0.39, 0.29) is 29.7 Å². The number of ether oxygens (including phenoxy) is 1. The zero-order valence-corrected chi connectivity index (χ0v) is 14.5. The number of hydrogen-bond acceptors (Lipinski definition) is 3. The molecule has 6 heteroatoms. The van der Waals surface area contributed by atoms with Gasteiger partial charge in [0.2, 0.25) is 5.91 Å². The Morgan fingerprint density at radius 1 is 1.42 bits per heavy atom. The molecule has 0 aliphatic carbocycles. The summed E-state index contributed by atoms with van der Waals surface area (Å²) < 4.78 is 18.8. The Hall–Kier alpha value is -2.11. The molecule has 0 radical (unpaired) electrons. The molecule has 2 amide bonds. The van der Waals surface area contributed by atoms with Crippen LogP contribution in [0.5, 0.6) is 0 Å². The van der Waals surface area contributed by atoms with Crippen LogP contribution in [0.1, 0.15) is 32.3 Å². The lowest BCUT2D eigenvalue weighted by molar-refractivity contribution is -0.121. The van der Waals surface area contributed by atoms with Gasteiger partial charge in [-0.2, -0.15) is 0 Å². The van der Waals surface area contributed by atoms with Crippen molar-refractivity contribution in [2.75, 3.05) is 25.0 Å². The lowest BCUT2D eigenvalue weighted by Gasteiger charge is -2.31. The third-order valence-electron chi connectivity index (χ3n) is 4.03. The Morgan fingerprint density at radius 2 is 2.17 bits per heavy atom. The number of carbonyl (C=O) groups excluding carboxylic acids is 2. The van der Waals surface area contributed by atoms with Crippen LogP contribution in [0.2, 0.25) is 0 Å². The van der Waals surface area contributed by atoms with E-state index in [4.69, 9.17) is 4.74 Å². The predicted octanol–water partition coefficient (Wildman–Crippen LogP) is 3.58. The molecule has 1 unspecified atom stereocenters. The molecule has 132 valence electrons. The van der Waals surface area contributed by atoms with Gasteiger partial charge in [0.25, 0.3) is 0 Å². The second-order valence-corrected chi connectivity index (χ2v) is 6.71. The summed E-state index contributed by atoms with van der Waals surface area (Å²) in [7, 11) is 0. The molecule has 1 aromatic carbocycles. The second-order valence-electron chi connectivity index (χ2n) is 6.71. The fourth-order valence-electron chi connectivity index (χ4n) is 2.60. The first-order valence-corrected chi connectivity index (χ1v) is 8.35. The van der Waals surface area contributed by atoms with Crippen molar-refractivity contribution in [3.05, 3.63) is 29.6 Å². The summed E-state index contributed by atoms with van der Waals surface area (Å²) >= 11 is 0. The molecule has 0 aromatic heterocycles. The number of amides is 2. The SMILES string of the molecule is Cc1ccc(NC(=O)C2CCCN(C(=O)OCC(C)C)C2)cc1F. The van der Waals surface area contributed by atoms with Gasteiger partial charge in [0.15, 0.2) is 0 Å². The largest absolute Gasteiger partial charge is 0.449 e. The standard InChI is InChI=1S/C18H25FN2O3/c1-12(2)11-24-18(23)21-8-4-5-14(10-21)17(22)20-15-7-6-13(3)16(19)9-15/h6-7,9,12,14H,4-5,8,10-11H2,1-3H3,(H,20,22). The van der Waals surface area contributed by atoms with E-state index in [1.807, 2.05) is 13.8 Å². The minimum absolute atomic E-state index is 0.195. The first kappa shape index (κ1) is 18.2. The van der Waals surface area contributed by atoms with E-state index in [0.29, 0.717) is 37.4 Å². The number of nitrogens with zero attached hydrogens (tertiary/aromatic N) is 1. The van der Waals surface area contributed by atoms with E-state index in [2.05, 4.69) is 5.32 Å². The molecule has 5 nitrogen and oxygen atoms in total. The van der Waals surface area contributed by atoms with Gasteiger partial charge in [-0.3, -0.25) is 4.79 Å². The van der Waals surface area contributed by atoms with Crippen molar-refractivity contribution in [3.63, 3.8) is 0 Å². The van der Waals surface area contributed by atoms with Crippen molar-refractivity contribution in [1.29, 1.82) is 0 Å². The van der Waals surface area contributed by atoms with Crippen molar-refractivity contribution in [1.82, 2.24) is 4.90 Å². The molecule has 1 aliphatic heterocycles. The summed E-state index contributed by atoms with van der Waals surface area (Å²) in [6.07, 6.45) is 1.08. The molecule has 0 bridgehead atoms. The zero-order chi connectivity index (χ0) is 17.7. The molecule has 1 N–H and O–H groups in total. The highest BCUT2D eigenvalue weighted by atomic mass is 19.1. The Morgan fingerprint density at radius 3 is 2.83 bits per heavy atom. The van der Waals surface area contributed by atoms with E-state index in [1.54, 1.807) is 24.0 Å². The van der Waals surface area contributed by atoms with Crippen LogP contribution in [0.4, 0.5) is 14.9 Å². The Bertz CT molecular complexity index is 604. The smallest absolute Gasteiger partial charge is 0.409 e. The number of carbonyl (C=O) groups is 2. The first-order valence-electron chi connectivity index (χ1n) is 8.35. The van der Waals surface area contributed by atoms with Crippen molar-refractivity contribution in [2.45, 2.75) is 33.6 Å². The quantitative estimate of drug-likeness (QED) is 0.914. The highest BCUT2D eigenvalue weighted by molar-refractivity contribution is 5.93. The van der Waals surface area contributed by atoms with Gasteiger partial charge in [-0.25, -0.2) is 9.18 Å².